The highest BCUT2D eigenvalue weighted by Crippen LogP contribution is 2.33. The van der Waals surface area contributed by atoms with Crippen LogP contribution in [0.1, 0.15) is 51.8 Å². The number of aromatic nitrogens is 3. The van der Waals surface area contributed by atoms with Gasteiger partial charge in [-0.3, -0.25) is 9.59 Å². The van der Waals surface area contributed by atoms with Crippen molar-refractivity contribution < 1.29 is 9.59 Å². The van der Waals surface area contributed by atoms with Crippen molar-refractivity contribution in [1.29, 1.82) is 0 Å². The van der Waals surface area contributed by atoms with Gasteiger partial charge in [0.15, 0.2) is 0 Å². The van der Waals surface area contributed by atoms with E-state index in [9.17, 15) is 9.59 Å². The van der Waals surface area contributed by atoms with Crippen molar-refractivity contribution in [1.82, 2.24) is 24.1 Å². The van der Waals surface area contributed by atoms with Crippen molar-refractivity contribution in [2.75, 3.05) is 13.1 Å². The molecule has 4 heterocycles. The van der Waals surface area contributed by atoms with E-state index in [0.717, 1.165) is 29.9 Å². The average molecular weight is 383 g/mol. The third kappa shape index (κ3) is 3.23. The quantitative estimate of drug-likeness (QED) is 0.801. The maximum atomic E-state index is 13.1. The van der Waals surface area contributed by atoms with Gasteiger partial charge in [-0.25, -0.2) is 4.68 Å². The first kappa shape index (κ1) is 18.8. The standard InChI is InChI=1S/C21H29N5O2/c1-15(27)23-11-7-16(8-12-23)20(28)25-13-17-18(14-25)22-26(21(2,3)4)19(17)24-9-5-6-10-24/h5-6,9-10,16H,7-8,11-14H2,1-4H3. The van der Waals surface area contributed by atoms with E-state index in [1.807, 2.05) is 34.3 Å². The zero-order chi connectivity index (χ0) is 20.1. The number of hydrogen-bond acceptors (Lipinski definition) is 3. The Hall–Kier alpha value is -2.57. The van der Waals surface area contributed by atoms with Crippen LogP contribution >= 0.6 is 0 Å². The van der Waals surface area contributed by atoms with Crippen molar-refractivity contribution in [3.8, 4) is 5.82 Å². The van der Waals surface area contributed by atoms with Crippen LogP contribution in [0.2, 0.25) is 0 Å². The lowest BCUT2D eigenvalue weighted by atomic mass is 9.95. The Morgan fingerprint density at radius 3 is 2.25 bits per heavy atom. The number of nitrogens with zero attached hydrogens (tertiary/aromatic N) is 5. The summed E-state index contributed by atoms with van der Waals surface area (Å²) in [6.45, 7) is 10.6. The summed E-state index contributed by atoms with van der Waals surface area (Å²) >= 11 is 0. The van der Waals surface area contributed by atoms with Gasteiger partial charge in [-0.05, 0) is 45.7 Å². The largest absolute Gasteiger partial charge is 0.343 e. The smallest absolute Gasteiger partial charge is 0.226 e. The highest BCUT2D eigenvalue weighted by Gasteiger charge is 2.36. The molecular weight excluding hydrogens is 354 g/mol. The van der Waals surface area contributed by atoms with Crippen LogP contribution in [-0.4, -0.2) is 49.1 Å². The maximum Gasteiger partial charge on any atom is 0.226 e. The first-order valence-electron chi connectivity index (χ1n) is 10.0. The average Bonchev–Trinajstić information content (AvgIpc) is 3.35. The first-order valence-corrected chi connectivity index (χ1v) is 10.0. The molecule has 2 aliphatic heterocycles. The molecule has 0 bridgehead atoms. The van der Waals surface area contributed by atoms with Crippen LogP contribution in [0, 0.1) is 5.92 Å². The van der Waals surface area contributed by atoms with E-state index < -0.39 is 0 Å². The maximum absolute atomic E-state index is 13.1. The highest BCUT2D eigenvalue weighted by atomic mass is 16.2. The van der Waals surface area contributed by atoms with Crippen LogP contribution in [0.5, 0.6) is 0 Å². The Morgan fingerprint density at radius 2 is 1.68 bits per heavy atom. The number of likely N-dealkylation sites (tertiary alicyclic amines) is 1. The van der Waals surface area contributed by atoms with E-state index in [4.69, 9.17) is 5.10 Å². The predicted octanol–water partition coefficient (Wildman–Crippen LogP) is 2.53. The van der Waals surface area contributed by atoms with E-state index in [0.29, 0.717) is 26.2 Å². The molecule has 150 valence electrons. The molecule has 7 nitrogen and oxygen atoms in total. The third-order valence-electron chi connectivity index (χ3n) is 5.81. The van der Waals surface area contributed by atoms with Gasteiger partial charge in [0.25, 0.3) is 0 Å². The van der Waals surface area contributed by atoms with Gasteiger partial charge >= 0.3 is 0 Å². The fourth-order valence-corrected chi connectivity index (χ4v) is 4.27. The van der Waals surface area contributed by atoms with Crippen LogP contribution in [0.15, 0.2) is 24.5 Å². The van der Waals surface area contributed by atoms with Crippen LogP contribution in [0.25, 0.3) is 5.82 Å². The number of hydrogen-bond donors (Lipinski definition) is 0. The minimum atomic E-state index is -0.141. The molecule has 2 aromatic rings. The molecule has 2 aliphatic rings. The number of piperidine rings is 1. The number of rotatable bonds is 2. The molecule has 0 radical (unpaired) electrons. The van der Waals surface area contributed by atoms with Gasteiger partial charge in [0.2, 0.25) is 11.8 Å². The van der Waals surface area contributed by atoms with Gasteiger partial charge in [0, 0.05) is 43.9 Å². The van der Waals surface area contributed by atoms with E-state index in [1.54, 1.807) is 6.92 Å². The minimum Gasteiger partial charge on any atom is -0.343 e. The normalized spacial score (nSPS) is 17.9. The SMILES string of the molecule is CC(=O)N1CCC(C(=O)N2Cc3nn(C(C)(C)C)c(-n4cccc4)c3C2)CC1. The second kappa shape index (κ2) is 6.79. The van der Waals surface area contributed by atoms with Crippen LogP contribution < -0.4 is 0 Å². The van der Waals surface area contributed by atoms with Crippen molar-refractivity contribution >= 4 is 11.8 Å². The summed E-state index contributed by atoms with van der Waals surface area (Å²) < 4.78 is 4.17. The summed E-state index contributed by atoms with van der Waals surface area (Å²) in [4.78, 5) is 28.4. The van der Waals surface area contributed by atoms with Gasteiger partial charge in [-0.15, -0.1) is 0 Å². The molecule has 0 N–H and O–H groups in total. The number of amides is 2. The zero-order valence-corrected chi connectivity index (χ0v) is 17.2. The fraction of sp³-hybridized carbons (Fsp3) is 0.571. The fourth-order valence-electron chi connectivity index (χ4n) is 4.27. The van der Waals surface area contributed by atoms with Gasteiger partial charge in [-0.1, -0.05) is 0 Å². The second-order valence-electron chi connectivity index (χ2n) is 8.90. The molecule has 0 aromatic carbocycles. The minimum absolute atomic E-state index is 0.00405. The summed E-state index contributed by atoms with van der Waals surface area (Å²) in [7, 11) is 0. The summed E-state index contributed by atoms with van der Waals surface area (Å²) in [5.41, 5.74) is 1.99. The van der Waals surface area contributed by atoms with E-state index >= 15 is 0 Å². The number of carbonyl (C=O) groups excluding carboxylic acids is 2. The molecule has 1 fully saturated rings. The lowest BCUT2D eigenvalue weighted by Gasteiger charge is -2.32. The van der Waals surface area contributed by atoms with Crippen molar-refractivity contribution in [2.45, 2.75) is 59.2 Å². The third-order valence-corrected chi connectivity index (χ3v) is 5.81. The summed E-state index contributed by atoms with van der Waals surface area (Å²) in [6.07, 6.45) is 5.56. The summed E-state index contributed by atoms with van der Waals surface area (Å²) in [5, 5.41) is 4.88. The summed E-state index contributed by atoms with van der Waals surface area (Å²) in [5.74, 6) is 1.35. The molecule has 2 aromatic heterocycles. The van der Waals surface area contributed by atoms with Crippen LogP contribution in [0.4, 0.5) is 0 Å². The lowest BCUT2D eigenvalue weighted by Crippen LogP contribution is -2.42. The Morgan fingerprint density at radius 1 is 1.04 bits per heavy atom. The Labute approximate surface area is 165 Å². The summed E-state index contributed by atoms with van der Waals surface area (Å²) in [6, 6.07) is 4.01. The monoisotopic (exact) mass is 383 g/mol. The van der Waals surface area contributed by atoms with E-state index in [2.05, 4.69) is 30.0 Å². The molecule has 0 atom stereocenters. The molecule has 28 heavy (non-hydrogen) atoms. The molecule has 0 spiro atoms. The van der Waals surface area contributed by atoms with Gasteiger partial charge in [0.1, 0.15) is 5.82 Å². The topological polar surface area (TPSA) is 63.4 Å². The van der Waals surface area contributed by atoms with Gasteiger partial charge < -0.3 is 14.4 Å². The Bertz CT molecular complexity index is 883. The molecule has 2 amide bonds. The van der Waals surface area contributed by atoms with Gasteiger partial charge in [0.05, 0.1) is 24.3 Å². The van der Waals surface area contributed by atoms with Crippen LogP contribution in [-0.2, 0) is 28.2 Å². The Balaban J connectivity index is 1.54. The van der Waals surface area contributed by atoms with Crippen molar-refractivity contribution in [2.24, 2.45) is 5.92 Å². The first-order chi connectivity index (χ1) is 13.3. The number of carbonyl (C=O) groups is 2. The predicted molar refractivity (Wildman–Crippen MR) is 106 cm³/mol. The molecule has 4 rings (SSSR count). The highest BCUT2D eigenvalue weighted by molar-refractivity contribution is 5.80. The van der Waals surface area contributed by atoms with Gasteiger partial charge in [-0.2, -0.15) is 5.10 Å². The molecule has 0 aliphatic carbocycles. The second-order valence-corrected chi connectivity index (χ2v) is 8.90. The molecular formula is C21H29N5O2. The van der Waals surface area contributed by atoms with E-state index in [1.165, 1.54) is 0 Å². The van der Waals surface area contributed by atoms with Crippen molar-refractivity contribution in [3.63, 3.8) is 0 Å². The Kier molecular flexibility index (Phi) is 4.56. The van der Waals surface area contributed by atoms with Crippen LogP contribution in [0.3, 0.4) is 0 Å². The lowest BCUT2D eigenvalue weighted by molar-refractivity contribution is -0.140. The molecule has 0 saturated carbocycles. The van der Waals surface area contributed by atoms with E-state index in [-0.39, 0.29) is 23.3 Å². The molecule has 0 unspecified atom stereocenters. The zero-order valence-electron chi connectivity index (χ0n) is 17.2. The van der Waals surface area contributed by atoms with Crippen molar-refractivity contribution in [3.05, 3.63) is 35.8 Å². The molecule has 1 saturated heterocycles. The number of fused-ring (bicyclic) bond motifs is 1. The molecule has 7 heteroatoms.